The molecule has 0 heterocycles. The predicted octanol–water partition coefficient (Wildman–Crippen LogP) is 8.16. The normalized spacial score (nSPS) is 11.3. The maximum atomic E-state index is 13.7. The molecule has 4 aromatic rings. The van der Waals surface area contributed by atoms with Crippen molar-refractivity contribution >= 4 is 40.9 Å². The van der Waals surface area contributed by atoms with Gasteiger partial charge in [0.15, 0.2) is 5.78 Å². The van der Waals surface area contributed by atoms with Gasteiger partial charge >= 0.3 is 5.97 Å². The van der Waals surface area contributed by atoms with Crippen LogP contribution in [0.2, 0.25) is 5.02 Å². The van der Waals surface area contributed by atoms with E-state index in [-0.39, 0.29) is 29.6 Å². The van der Waals surface area contributed by atoms with Crippen LogP contribution in [0.4, 0.5) is 10.1 Å². The third kappa shape index (κ3) is 11.9. The topological polar surface area (TPSA) is 111 Å². The Balaban J connectivity index is 1.24. The summed E-state index contributed by atoms with van der Waals surface area (Å²) < 4.78 is 24.9. The number of rotatable bonds is 17. The molecule has 0 fully saturated rings. The molecule has 0 saturated carbocycles. The molecule has 2 amide bonds. The summed E-state index contributed by atoms with van der Waals surface area (Å²) in [6.07, 6.45) is 5.95. The van der Waals surface area contributed by atoms with Crippen molar-refractivity contribution in [1.82, 2.24) is 5.32 Å². The van der Waals surface area contributed by atoms with Crippen LogP contribution in [0, 0.1) is 5.82 Å². The molecule has 4 rings (SSSR count). The highest BCUT2D eigenvalue weighted by molar-refractivity contribution is 6.30. The molecule has 256 valence electrons. The third-order valence-corrected chi connectivity index (χ3v) is 8.06. The van der Waals surface area contributed by atoms with Gasteiger partial charge in [-0.25, -0.2) is 9.18 Å². The maximum Gasteiger partial charge on any atom is 0.343 e. The fraction of sp³-hybridized carbons (Fsp3) is 0.282. The number of esters is 1. The number of carbonyl (C=O) groups excluding carboxylic acids is 4. The van der Waals surface area contributed by atoms with Gasteiger partial charge in [-0.1, -0.05) is 62.4 Å². The highest BCUT2D eigenvalue weighted by Crippen LogP contribution is 2.19. The first-order valence-electron chi connectivity index (χ1n) is 16.3. The van der Waals surface area contributed by atoms with Crippen LogP contribution in [0.15, 0.2) is 91.0 Å². The molecule has 10 heteroatoms. The first-order valence-corrected chi connectivity index (χ1v) is 16.7. The Kier molecular flexibility index (Phi) is 13.9. The van der Waals surface area contributed by atoms with Crippen molar-refractivity contribution in [1.29, 1.82) is 0 Å². The van der Waals surface area contributed by atoms with E-state index in [1.165, 1.54) is 50.5 Å². The number of ether oxygens (including phenoxy) is 2. The van der Waals surface area contributed by atoms with Gasteiger partial charge in [-0.05, 0) is 104 Å². The summed E-state index contributed by atoms with van der Waals surface area (Å²) in [7, 11) is 0. The van der Waals surface area contributed by atoms with Crippen LogP contribution < -0.4 is 20.1 Å². The predicted molar refractivity (Wildman–Crippen MR) is 188 cm³/mol. The summed E-state index contributed by atoms with van der Waals surface area (Å²) in [5.41, 5.74) is 2.37. The summed E-state index contributed by atoms with van der Waals surface area (Å²) in [5.74, 6) is -1.10. The second-order valence-corrected chi connectivity index (χ2v) is 12.1. The lowest BCUT2D eigenvalue weighted by Gasteiger charge is -2.17. The van der Waals surface area contributed by atoms with Crippen molar-refractivity contribution in [3.63, 3.8) is 0 Å². The van der Waals surface area contributed by atoms with E-state index in [4.69, 9.17) is 21.1 Å². The number of benzene rings is 4. The van der Waals surface area contributed by atoms with E-state index in [0.717, 1.165) is 18.4 Å². The lowest BCUT2D eigenvalue weighted by Crippen LogP contribution is -2.41. The highest BCUT2D eigenvalue weighted by atomic mass is 35.5. The molecule has 1 atom stereocenters. The number of unbranched alkanes of at least 4 members (excludes halogenated alkanes) is 4. The molecule has 0 unspecified atom stereocenters. The molecule has 0 saturated heterocycles. The Morgan fingerprint density at radius 3 is 2.06 bits per heavy atom. The third-order valence-electron chi connectivity index (χ3n) is 7.76. The van der Waals surface area contributed by atoms with E-state index in [0.29, 0.717) is 40.5 Å². The molecule has 0 radical (unpaired) electrons. The SMILES string of the molecule is CCCCCCCOc1ccc(C(=O)Oc2ccc(C[C@H](NC(=O)c3ccc(NC(=O)Cc4ccc(Cl)c(F)c4)cc3)C(C)=O)cc2)cc1. The number of hydrogen-bond donors (Lipinski definition) is 2. The summed E-state index contributed by atoms with van der Waals surface area (Å²) in [5, 5.41) is 5.45. The number of halogens is 2. The standard InChI is InChI=1S/C39H40ClFN2O6/c1-3-4-5-6-7-22-48-32-19-13-30(14-20-32)39(47)49-33-17-8-27(9-18-33)24-36(26(2)44)43-38(46)29-11-15-31(16-12-29)42-37(45)25-28-10-21-34(40)35(41)23-28/h8-21,23,36H,3-7,22,24-25H2,1-2H3,(H,42,45)(H,43,46)/t36-/m0/s1. The van der Waals surface area contributed by atoms with Crippen molar-refractivity contribution in [2.75, 3.05) is 11.9 Å². The first-order chi connectivity index (χ1) is 23.6. The maximum absolute atomic E-state index is 13.7. The number of Topliss-reactive ketones (excluding diaryl/α,β-unsaturated/α-hetero) is 1. The van der Waals surface area contributed by atoms with Gasteiger partial charge in [-0.3, -0.25) is 14.4 Å². The van der Waals surface area contributed by atoms with E-state index < -0.39 is 23.7 Å². The Bertz CT molecular complexity index is 1730. The average molecular weight is 687 g/mol. The Hall–Kier alpha value is -5.02. The zero-order valence-corrected chi connectivity index (χ0v) is 28.4. The zero-order valence-electron chi connectivity index (χ0n) is 27.6. The van der Waals surface area contributed by atoms with Crippen molar-refractivity contribution in [2.45, 2.75) is 64.8 Å². The molecular formula is C39H40ClFN2O6. The smallest absolute Gasteiger partial charge is 0.343 e. The molecule has 0 aromatic heterocycles. The number of carbonyl (C=O) groups is 4. The van der Waals surface area contributed by atoms with Crippen molar-refractivity contribution in [2.24, 2.45) is 0 Å². The molecule has 0 aliphatic heterocycles. The van der Waals surface area contributed by atoms with Gasteiger partial charge in [0, 0.05) is 11.3 Å². The van der Waals surface area contributed by atoms with Crippen molar-refractivity contribution in [3.8, 4) is 11.5 Å². The Morgan fingerprint density at radius 2 is 1.41 bits per heavy atom. The summed E-state index contributed by atoms with van der Waals surface area (Å²) in [6, 6.07) is 23.1. The average Bonchev–Trinajstić information content (AvgIpc) is 3.09. The Labute approximate surface area is 291 Å². The van der Waals surface area contributed by atoms with Crippen molar-refractivity contribution < 1.29 is 33.0 Å². The van der Waals surface area contributed by atoms with Crippen LogP contribution in [-0.4, -0.2) is 36.2 Å². The van der Waals surface area contributed by atoms with Gasteiger partial charge < -0.3 is 20.1 Å². The van der Waals surface area contributed by atoms with Gasteiger partial charge in [0.1, 0.15) is 17.3 Å². The van der Waals surface area contributed by atoms with Crippen LogP contribution in [0.25, 0.3) is 0 Å². The number of anilines is 1. The number of amides is 2. The van der Waals surface area contributed by atoms with E-state index in [2.05, 4.69) is 17.6 Å². The fourth-order valence-electron chi connectivity index (χ4n) is 4.96. The molecule has 49 heavy (non-hydrogen) atoms. The number of hydrogen-bond acceptors (Lipinski definition) is 6. The van der Waals surface area contributed by atoms with Crippen LogP contribution in [0.1, 0.15) is 77.8 Å². The van der Waals surface area contributed by atoms with Gasteiger partial charge in [-0.15, -0.1) is 0 Å². The first kappa shape index (κ1) is 36.8. The van der Waals surface area contributed by atoms with Crippen LogP contribution in [-0.2, 0) is 22.4 Å². The molecule has 2 N–H and O–H groups in total. The van der Waals surface area contributed by atoms with Crippen LogP contribution in [0.5, 0.6) is 11.5 Å². The van der Waals surface area contributed by atoms with E-state index in [9.17, 15) is 23.6 Å². The van der Waals surface area contributed by atoms with Crippen LogP contribution >= 0.6 is 11.6 Å². The second-order valence-electron chi connectivity index (χ2n) is 11.7. The fourth-order valence-corrected chi connectivity index (χ4v) is 5.08. The van der Waals surface area contributed by atoms with E-state index in [1.807, 2.05) is 0 Å². The molecule has 0 spiro atoms. The second kappa shape index (κ2) is 18.5. The zero-order chi connectivity index (χ0) is 35.2. The summed E-state index contributed by atoms with van der Waals surface area (Å²) in [6.45, 7) is 4.22. The van der Waals surface area contributed by atoms with Crippen molar-refractivity contribution in [3.05, 3.63) is 124 Å². The van der Waals surface area contributed by atoms with E-state index in [1.54, 1.807) is 66.7 Å². The minimum Gasteiger partial charge on any atom is -0.494 e. The Morgan fingerprint density at radius 1 is 0.776 bits per heavy atom. The molecule has 0 bridgehead atoms. The van der Waals surface area contributed by atoms with Crippen LogP contribution in [0.3, 0.4) is 0 Å². The monoisotopic (exact) mass is 686 g/mol. The lowest BCUT2D eigenvalue weighted by molar-refractivity contribution is -0.119. The molecule has 8 nitrogen and oxygen atoms in total. The minimum atomic E-state index is -0.794. The summed E-state index contributed by atoms with van der Waals surface area (Å²) in [4.78, 5) is 50.4. The quantitative estimate of drug-likeness (QED) is 0.0659. The highest BCUT2D eigenvalue weighted by Gasteiger charge is 2.19. The largest absolute Gasteiger partial charge is 0.494 e. The number of nitrogens with one attached hydrogen (secondary N) is 2. The van der Waals surface area contributed by atoms with Gasteiger partial charge in [0.05, 0.1) is 29.7 Å². The lowest BCUT2D eigenvalue weighted by atomic mass is 10.0. The van der Waals surface area contributed by atoms with Gasteiger partial charge in [0.2, 0.25) is 5.91 Å². The molecule has 0 aliphatic rings. The number of ketones is 1. The van der Waals surface area contributed by atoms with Gasteiger partial charge in [0.25, 0.3) is 5.91 Å². The summed E-state index contributed by atoms with van der Waals surface area (Å²) >= 11 is 5.69. The van der Waals surface area contributed by atoms with Gasteiger partial charge in [-0.2, -0.15) is 0 Å². The van der Waals surface area contributed by atoms with E-state index >= 15 is 0 Å². The molecule has 4 aromatic carbocycles. The molecule has 0 aliphatic carbocycles. The minimum absolute atomic E-state index is 0.0201. The molecular weight excluding hydrogens is 647 g/mol.